The molecule has 19 heavy (non-hydrogen) atoms. The molecule has 0 atom stereocenters. The first-order chi connectivity index (χ1) is 9.10. The standard InChI is InChI=1S/C14H8FNO2S/c15-9-5-7-10(8-6-9)19(17,18)14-13-11-3-1-2-4-12(11)16(13)14/h1-8H. The normalized spacial score (nSPS) is 12.9. The summed E-state index contributed by atoms with van der Waals surface area (Å²) in [6.45, 7) is 0. The number of aromatic nitrogens is 1. The Morgan fingerprint density at radius 2 is 1.63 bits per heavy atom. The zero-order valence-electron chi connectivity index (χ0n) is 9.67. The molecule has 2 aliphatic heterocycles. The highest BCUT2D eigenvalue weighted by molar-refractivity contribution is 7.91. The van der Waals surface area contributed by atoms with E-state index in [0.29, 0.717) is 5.03 Å². The molecular formula is C14H8FNO2S. The summed E-state index contributed by atoms with van der Waals surface area (Å²) in [5.74, 6) is -0.445. The minimum Gasteiger partial charge on any atom is -0.295 e. The van der Waals surface area contributed by atoms with Crippen LogP contribution in [0.3, 0.4) is 0 Å². The van der Waals surface area contributed by atoms with E-state index in [1.807, 2.05) is 24.3 Å². The van der Waals surface area contributed by atoms with Crippen molar-refractivity contribution in [2.45, 2.75) is 9.92 Å². The summed E-state index contributed by atoms with van der Waals surface area (Å²) in [7, 11) is -3.55. The SMILES string of the molecule is O=S(=O)(c1ccc(F)cc1)c1c2c3ccccc3n1-2. The molecule has 3 nitrogen and oxygen atoms in total. The first kappa shape index (κ1) is 10.8. The van der Waals surface area contributed by atoms with Gasteiger partial charge in [0.2, 0.25) is 9.84 Å². The molecule has 0 saturated carbocycles. The third-order valence-corrected chi connectivity index (χ3v) is 5.14. The van der Waals surface area contributed by atoms with E-state index >= 15 is 0 Å². The van der Waals surface area contributed by atoms with Crippen LogP contribution in [-0.2, 0) is 9.84 Å². The molecule has 0 fully saturated rings. The molecule has 2 aliphatic rings. The minimum absolute atomic E-state index is 0.122. The topological polar surface area (TPSA) is 39.1 Å². The van der Waals surface area contributed by atoms with Gasteiger partial charge in [0, 0.05) is 5.39 Å². The van der Waals surface area contributed by atoms with Gasteiger partial charge in [0.1, 0.15) is 5.82 Å². The Hall–Kier alpha value is -2.14. The van der Waals surface area contributed by atoms with Crippen LogP contribution >= 0.6 is 0 Å². The van der Waals surface area contributed by atoms with Gasteiger partial charge in [-0.3, -0.25) is 4.57 Å². The van der Waals surface area contributed by atoms with Gasteiger partial charge in [-0.1, -0.05) is 18.2 Å². The first-order valence-electron chi connectivity index (χ1n) is 5.75. The lowest BCUT2D eigenvalue weighted by Gasteiger charge is -2.01. The Morgan fingerprint density at radius 1 is 0.947 bits per heavy atom. The first-order valence-corrected chi connectivity index (χ1v) is 7.23. The smallest absolute Gasteiger partial charge is 0.224 e. The molecular weight excluding hydrogens is 265 g/mol. The van der Waals surface area contributed by atoms with Crippen LogP contribution in [0.15, 0.2) is 58.5 Å². The van der Waals surface area contributed by atoms with E-state index in [-0.39, 0.29) is 4.90 Å². The van der Waals surface area contributed by atoms with Gasteiger partial charge in [0.25, 0.3) is 0 Å². The number of halogens is 1. The highest BCUT2D eigenvalue weighted by Crippen LogP contribution is 2.49. The zero-order chi connectivity index (χ0) is 13.2. The monoisotopic (exact) mass is 273 g/mol. The van der Waals surface area contributed by atoms with Crippen molar-refractivity contribution >= 4 is 20.7 Å². The molecule has 94 valence electrons. The second kappa shape index (κ2) is 3.24. The Morgan fingerprint density at radius 3 is 2.32 bits per heavy atom. The Labute approximate surface area is 108 Å². The van der Waals surface area contributed by atoms with E-state index < -0.39 is 15.7 Å². The highest BCUT2D eigenvalue weighted by Gasteiger charge is 2.41. The van der Waals surface area contributed by atoms with Gasteiger partial charge in [-0.25, -0.2) is 12.8 Å². The summed E-state index contributed by atoms with van der Waals surface area (Å²) in [4.78, 5) is 0.122. The number of benzene rings is 2. The lowest BCUT2D eigenvalue weighted by atomic mass is 10.2. The molecule has 0 N–H and O–H groups in total. The fraction of sp³-hybridized carbons (Fsp3) is 0. The predicted octanol–water partition coefficient (Wildman–Crippen LogP) is 2.92. The quantitative estimate of drug-likeness (QED) is 0.527. The summed E-state index contributed by atoms with van der Waals surface area (Å²) in [6.07, 6.45) is 0. The number of para-hydroxylation sites is 1. The molecule has 0 spiro atoms. The van der Waals surface area contributed by atoms with Crippen LogP contribution in [0.2, 0.25) is 0 Å². The Balaban J connectivity index is 1.91. The van der Waals surface area contributed by atoms with Gasteiger partial charge in [-0.05, 0) is 30.3 Å². The average molecular weight is 273 g/mol. The minimum atomic E-state index is -3.55. The number of hydrogen-bond donors (Lipinski definition) is 0. The van der Waals surface area contributed by atoms with Gasteiger partial charge in [0.15, 0.2) is 5.03 Å². The third kappa shape index (κ3) is 1.28. The average Bonchev–Trinajstić information content (AvgIpc) is 3.07. The lowest BCUT2D eigenvalue weighted by molar-refractivity contribution is 0.595. The van der Waals surface area contributed by atoms with Crippen LogP contribution in [0.1, 0.15) is 0 Å². The predicted molar refractivity (Wildman–Crippen MR) is 68.7 cm³/mol. The summed E-state index contributed by atoms with van der Waals surface area (Å²) >= 11 is 0. The van der Waals surface area contributed by atoms with Gasteiger partial charge in [0.05, 0.1) is 16.1 Å². The molecule has 0 radical (unpaired) electrons. The van der Waals surface area contributed by atoms with Crippen LogP contribution < -0.4 is 0 Å². The number of fused-ring (bicyclic) bond motifs is 4. The van der Waals surface area contributed by atoms with Crippen molar-refractivity contribution in [3.63, 3.8) is 0 Å². The van der Waals surface area contributed by atoms with Crippen LogP contribution in [-0.4, -0.2) is 13.0 Å². The van der Waals surface area contributed by atoms with E-state index in [1.54, 1.807) is 4.57 Å². The molecule has 0 aromatic heterocycles. The summed E-state index contributed by atoms with van der Waals surface area (Å²) < 4.78 is 39.4. The fourth-order valence-electron chi connectivity index (χ4n) is 2.40. The van der Waals surface area contributed by atoms with Gasteiger partial charge < -0.3 is 0 Å². The molecule has 0 unspecified atom stereocenters. The second-order valence-corrected chi connectivity index (χ2v) is 6.33. The van der Waals surface area contributed by atoms with E-state index in [1.165, 1.54) is 12.1 Å². The van der Waals surface area contributed by atoms with Crippen molar-refractivity contribution in [3.8, 4) is 5.69 Å². The highest BCUT2D eigenvalue weighted by atomic mass is 32.2. The third-order valence-electron chi connectivity index (χ3n) is 3.36. The van der Waals surface area contributed by atoms with Crippen LogP contribution in [0.5, 0.6) is 0 Å². The maximum atomic E-state index is 12.9. The number of hydrogen-bond acceptors (Lipinski definition) is 2. The zero-order valence-corrected chi connectivity index (χ0v) is 10.5. The van der Waals surface area contributed by atoms with Crippen molar-refractivity contribution in [2.75, 3.05) is 0 Å². The van der Waals surface area contributed by atoms with Crippen molar-refractivity contribution in [2.24, 2.45) is 0 Å². The van der Waals surface area contributed by atoms with Crippen molar-refractivity contribution < 1.29 is 12.8 Å². The maximum Gasteiger partial charge on any atom is 0.224 e. The molecule has 0 bridgehead atoms. The van der Waals surface area contributed by atoms with Crippen molar-refractivity contribution in [1.82, 2.24) is 4.57 Å². The maximum absolute atomic E-state index is 12.9. The summed E-state index contributed by atoms with van der Waals surface area (Å²) in [5.41, 5.74) is 1.68. The molecule has 4 rings (SSSR count). The Kier molecular flexibility index (Phi) is 1.84. The molecule has 0 aliphatic carbocycles. The molecule has 2 aromatic carbocycles. The second-order valence-electron chi connectivity index (χ2n) is 4.46. The molecule has 2 heterocycles. The molecule has 5 heteroatoms. The number of sulfone groups is 1. The summed E-state index contributed by atoms with van der Waals surface area (Å²) in [5, 5.41) is 1.28. The van der Waals surface area contributed by atoms with Gasteiger partial charge in [-0.2, -0.15) is 0 Å². The van der Waals surface area contributed by atoms with E-state index in [4.69, 9.17) is 0 Å². The lowest BCUT2D eigenvalue weighted by Crippen LogP contribution is -1.98. The van der Waals surface area contributed by atoms with Crippen LogP contribution in [0.4, 0.5) is 4.39 Å². The molecule has 2 aromatic rings. The van der Waals surface area contributed by atoms with Crippen molar-refractivity contribution in [3.05, 3.63) is 54.3 Å². The summed E-state index contributed by atoms with van der Waals surface area (Å²) in [6, 6.07) is 12.4. The van der Waals surface area contributed by atoms with Gasteiger partial charge in [-0.15, -0.1) is 0 Å². The van der Waals surface area contributed by atoms with Crippen LogP contribution in [0, 0.1) is 5.82 Å². The van der Waals surface area contributed by atoms with E-state index in [9.17, 15) is 12.8 Å². The number of rotatable bonds is 2. The van der Waals surface area contributed by atoms with Gasteiger partial charge >= 0.3 is 0 Å². The van der Waals surface area contributed by atoms with E-state index in [0.717, 1.165) is 28.7 Å². The fourth-order valence-corrected chi connectivity index (χ4v) is 3.96. The molecule has 0 amide bonds. The molecule has 0 saturated heterocycles. The van der Waals surface area contributed by atoms with E-state index in [2.05, 4.69) is 0 Å². The number of nitrogens with zero attached hydrogens (tertiary/aromatic N) is 1. The Bertz CT molecular complexity index is 885. The van der Waals surface area contributed by atoms with Crippen LogP contribution in [0.25, 0.3) is 16.6 Å². The largest absolute Gasteiger partial charge is 0.295 e. The van der Waals surface area contributed by atoms with Crippen molar-refractivity contribution in [1.29, 1.82) is 0 Å².